The predicted octanol–water partition coefficient (Wildman–Crippen LogP) is 0.442. The van der Waals surface area contributed by atoms with Crippen LogP contribution in [0.1, 0.15) is 0 Å². The Bertz CT molecular complexity index is 391. The molecule has 2 rings (SSSR count). The molecule has 0 amide bonds. The molecule has 14 heavy (non-hydrogen) atoms. The minimum Gasteiger partial charge on any atom is -0.298 e. The van der Waals surface area contributed by atoms with E-state index in [1.54, 1.807) is 46.3 Å². The van der Waals surface area contributed by atoms with Crippen molar-refractivity contribution in [3.8, 4) is 0 Å². The van der Waals surface area contributed by atoms with Gasteiger partial charge in [0.05, 0.1) is 0 Å². The lowest BCUT2D eigenvalue weighted by Crippen LogP contribution is -2.12. The minimum atomic E-state index is 0.593. The van der Waals surface area contributed by atoms with Crippen molar-refractivity contribution in [1.82, 2.24) is 19.6 Å². The fourth-order valence-corrected chi connectivity index (χ4v) is 1.13. The molecule has 0 fully saturated rings. The van der Waals surface area contributed by atoms with Crippen LogP contribution in [0.2, 0.25) is 0 Å². The summed E-state index contributed by atoms with van der Waals surface area (Å²) in [5.74, 6) is 0.593. The summed E-state index contributed by atoms with van der Waals surface area (Å²) in [5, 5.41) is 8.04. The number of carbonyl (C=O) groups excluding carboxylic acids is 1. The van der Waals surface area contributed by atoms with E-state index in [1.165, 1.54) is 6.08 Å². The van der Waals surface area contributed by atoms with Gasteiger partial charge in [0.25, 0.3) is 0 Å². The zero-order valence-corrected chi connectivity index (χ0v) is 7.32. The Balaban J connectivity index is 2.45. The van der Waals surface area contributed by atoms with Gasteiger partial charge in [-0.1, -0.05) is 0 Å². The zero-order chi connectivity index (χ0) is 9.80. The van der Waals surface area contributed by atoms with Crippen LogP contribution in [0.25, 0.3) is 0 Å². The van der Waals surface area contributed by atoms with Gasteiger partial charge in [-0.15, -0.1) is 0 Å². The first-order chi connectivity index (χ1) is 6.92. The molecule has 5 heteroatoms. The number of rotatable bonds is 3. The van der Waals surface area contributed by atoms with Gasteiger partial charge in [-0.05, 0) is 12.1 Å². The molecule has 0 aromatic carbocycles. The average Bonchev–Trinajstić information content (AvgIpc) is 2.87. The molecule has 0 aliphatic carbocycles. The predicted molar refractivity (Wildman–Crippen MR) is 49.1 cm³/mol. The number of carbonyl (C=O) groups is 1. The molecule has 2 aromatic rings. The summed E-state index contributed by atoms with van der Waals surface area (Å²) in [7, 11) is 0. The molecule has 0 aliphatic heterocycles. The van der Waals surface area contributed by atoms with Crippen LogP contribution in [0.3, 0.4) is 0 Å². The number of aromatic nitrogens is 4. The number of hydrogen-bond acceptors (Lipinski definition) is 3. The molecular formula is C9H8N4O. The van der Waals surface area contributed by atoms with Crippen LogP contribution in [-0.4, -0.2) is 25.8 Å². The number of aldehydes is 1. The Morgan fingerprint density at radius 1 is 1.07 bits per heavy atom. The van der Waals surface area contributed by atoms with Crippen LogP contribution in [0, 0.1) is 5.82 Å². The first-order valence-corrected chi connectivity index (χ1v) is 4.07. The number of allylic oxidation sites excluding steroid dienone is 1. The van der Waals surface area contributed by atoms with Crippen LogP contribution in [-0.2, 0) is 4.79 Å². The Hall–Kier alpha value is -2.17. The molecule has 0 unspecified atom stereocenters. The molecule has 0 atom stereocenters. The van der Waals surface area contributed by atoms with Gasteiger partial charge in [0.1, 0.15) is 6.29 Å². The molecule has 0 saturated carbocycles. The van der Waals surface area contributed by atoms with Crippen molar-refractivity contribution in [1.29, 1.82) is 0 Å². The van der Waals surface area contributed by atoms with Crippen molar-refractivity contribution < 1.29 is 4.79 Å². The molecule has 70 valence electrons. The zero-order valence-electron chi connectivity index (χ0n) is 7.32. The van der Waals surface area contributed by atoms with Gasteiger partial charge in [-0.3, -0.25) is 4.79 Å². The quantitative estimate of drug-likeness (QED) is 0.519. The first-order valence-electron chi connectivity index (χ1n) is 4.07. The van der Waals surface area contributed by atoms with Gasteiger partial charge in [0, 0.05) is 30.9 Å². The van der Waals surface area contributed by atoms with E-state index in [1.807, 2.05) is 0 Å². The summed E-state index contributed by atoms with van der Waals surface area (Å²) in [5.41, 5.74) is 0. The fraction of sp³-hybridized carbons (Fsp3) is 0. The third-order valence-corrected chi connectivity index (χ3v) is 1.70. The smallest absolute Gasteiger partial charge is 0.158 e. The summed E-state index contributed by atoms with van der Waals surface area (Å²) in [6, 6.07) is 3.56. The van der Waals surface area contributed by atoms with Crippen LogP contribution < -0.4 is 0 Å². The maximum Gasteiger partial charge on any atom is 0.158 e. The van der Waals surface area contributed by atoms with Gasteiger partial charge in [0.15, 0.2) is 5.82 Å². The summed E-state index contributed by atoms with van der Waals surface area (Å²) in [6.07, 6.45) is 8.89. The second-order valence-corrected chi connectivity index (χ2v) is 2.56. The van der Waals surface area contributed by atoms with Crippen molar-refractivity contribution in [2.24, 2.45) is 0 Å². The van der Waals surface area contributed by atoms with Crippen LogP contribution in [0.5, 0.6) is 0 Å². The van der Waals surface area contributed by atoms with E-state index >= 15 is 0 Å². The van der Waals surface area contributed by atoms with Gasteiger partial charge in [-0.25, -0.2) is 9.36 Å². The lowest BCUT2D eigenvalue weighted by molar-refractivity contribution is -0.104. The van der Waals surface area contributed by atoms with Crippen molar-refractivity contribution >= 4 is 6.29 Å². The lowest BCUT2D eigenvalue weighted by Gasteiger charge is -2.05. The minimum absolute atomic E-state index is 0.593. The fourth-order valence-electron chi connectivity index (χ4n) is 1.13. The van der Waals surface area contributed by atoms with Crippen molar-refractivity contribution in [2.45, 2.75) is 0 Å². The summed E-state index contributed by atoms with van der Waals surface area (Å²) < 4.78 is 3.14. The highest BCUT2D eigenvalue weighted by molar-refractivity contribution is 5.64. The van der Waals surface area contributed by atoms with E-state index in [9.17, 15) is 4.79 Å². The summed E-state index contributed by atoms with van der Waals surface area (Å²) >= 11 is 0. The molecule has 0 spiro atoms. The molecule has 2 heterocycles. The van der Waals surface area contributed by atoms with Gasteiger partial charge in [0.2, 0.25) is 0 Å². The molecule has 5 nitrogen and oxygen atoms in total. The highest BCUT2D eigenvalue weighted by atomic mass is 16.1. The van der Waals surface area contributed by atoms with Gasteiger partial charge < -0.3 is 0 Å². The molecule has 0 radical (unpaired) electrons. The van der Waals surface area contributed by atoms with E-state index in [0.717, 1.165) is 0 Å². The van der Waals surface area contributed by atoms with Crippen LogP contribution in [0.4, 0.5) is 0 Å². The second kappa shape index (κ2) is 3.69. The van der Waals surface area contributed by atoms with Crippen molar-refractivity contribution in [3.05, 3.63) is 48.8 Å². The maximum absolute atomic E-state index is 10.4. The van der Waals surface area contributed by atoms with Gasteiger partial charge in [-0.2, -0.15) is 10.2 Å². The molecule has 0 aliphatic rings. The topological polar surface area (TPSA) is 52.7 Å². The largest absolute Gasteiger partial charge is 0.298 e. The lowest BCUT2D eigenvalue weighted by atomic mass is 10.5. The third kappa shape index (κ3) is 1.47. The van der Waals surface area contributed by atoms with E-state index in [-0.39, 0.29) is 0 Å². The van der Waals surface area contributed by atoms with Crippen LogP contribution >= 0.6 is 0 Å². The molecule has 0 bridgehead atoms. The summed E-state index contributed by atoms with van der Waals surface area (Å²) in [4.78, 5) is 10.4. The SMILES string of the molecule is O=CC=C(n1cccn1)n1cccn1. The average molecular weight is 188 g/mol. The van der Waals surface area contributed by atoms with E-state index in [2.05, 4.69) is 10.2 Å². The Morgan fingerprint density at radius 2 is 1.64 bits per heavy atom. The monoisotopic (exact) mass is 188 g/mol. The third-order valence-electron chi connectivity index (χ3n) is 1.70. The molecule has 0 N–H and O–H groups in total. The van der Waals surface area contributed by atoms with E-state index < -0.39 is 0 Å². The standard InChI is InChI=1S/C9H8N4O/c14-8-3-9(12-6-1-4-10-12)13-7-2-5-11-13/h1-8H. The maximum atomic E-state index is 10.4. The highest BCUT2D eigenvalue weighted by Gasteiger charge is 2.01. The van der Waals surface area contributed by atoms with Crippen LogP contribution in [0.15, 0.2) is 43.0 Å². The number of nitrogens with zero attached hydrogens (tertiary/aromatic N) is 4. The Labute approximate surface area is 80.3 Å². The first kappa shape index (κ1) is 8.43. The Kier molecular flexibility index (Phi) is 2.22. The van der Waals surface area contributed by atoms with Crippen molar-refractivity contribution in [2.75, 3.05) is 0 Å². The normalized spacial score (nSPS) is 9.71. The van der Waals surface area contributed by atoms with Gasteiger partial charge >= 0.3 is 0 Å². The van der Waals surface area contributed by atoms with Crippen molar-refractivity contribution in [3.63, 3.8) is 0 Å². The highest BCUT2D eigenvalue weighted by Crippen LogP contribution is 1.98. The number of hydrogen-bond donors (Lipinski definition) is 0. The summed E-state index contributed by atoms with van der Waals surface area (Å²) in [6.45, 7) is 0. The molecule has 0 saturated heterocycles. The molecular weight excluding hydrogens is 180 g/mol. The molecule has 2 aromatic heterocycles. The Morgan fingerprint density at radius 3 is 2.00 bits per heavy atom. The second-order valence-electron chi connectivity index (χ2n) is 2.56. The van der Waals surface area contributed by atoms with E-state index in [0.29, 0.717) is 12.1 Å². The van der Waals surface area contributed by atoms with E-state index in [4.69, 9.17) is 0 Å².